The minimum atomic E-state index is 0.738. The third-order valence-corrected chi connectivity index (χ3v) is 6.25. The van der Waals surface area contributed by atoms with E-state index in [0.717, 1.165) is 31.0 Å². The second kappa shape index (κ2) is 7.03. The van der Waals surface area contributed by atoms with Gasteiger partial charge in [-0.1, -0.05) is 42.5 Å². The molecular formula is C22H21IN4. The van der Waals surface area contributed by atoms with Crippen molar-refractivity contribution in [2.45, 2.75) is 32.4 Å². The first-order valence-electron chi connectivity index (χ1n) is 9.45. The Hall–Kier alpha value is -2.28. The molecule has 3 heterocycles. The van der Waals surface area contributed by atoms with E-state index in [1.165, 1.54) is 38.7 Å². The summed E-state index contributed by atoms with van der Waals surface area (Å²) in [6, 6.07) is 19.1. The molecule has 2 aromatic carbocycles. The van der Waals surface area contributed by atoms with E-state index in [2.05, 4.69) is 97.8 Å². The van der Waals surface area contributed by atoms with Crippen LogP contribution in [0.15, 0.2) is 60.8 Å². The average Bonchev–Trinajstić information content (AvgIpc) is 3.12. The number of nitrogens with one attached hydrogen (secondary N) is 1. The number of anilines is 1. The highest BCUT2D eigenvalue weighted by molar-refractivity contribution is 14.1. The zero-order valence-electron chi connectivity index (χ0n) is 15.0. The van der Waals surface area contributed by atoms with E-state index in [-0.39, 0.29) is 0 Å². The molecule has 0 saturated carbocycles. The van der Waals surface area contributed by atoms with Crippen LogP contribution < -0.4 is 5.32 Å². The Morgan fingerprint density at radius 2 is 1.81 bits per heavy atom. The maximum atomic E-state index is 4.93. The standard InChI is InChI=1S/C22H21IN4/c23-19-11-4-5-12-20(19)24-14-21-25-27-15-18(16-8-2-1-3-9-16)17-10-6-7-13-26(21)22(17)27/h1-5,8-9,11-12,15,24H,6-7,10,13-14H2. The Morgan fingerprint density at radius 3 is 2.67 bits per heavy atom. The fourth-order valence-electron chi connectivity index (χ4n) is 4.01. The molecule has 5 heteroatoms. The topological polar surface area (TPSA) is 34.3 Å². The molecule has 0 unspecified atom stereocenters. The summed E-state index contributed by atoms with van der Waals surface area (Å²) in [5, 5.41) is 8.49. The molecule has 27 heavy (non-hydrogen) atoms. The Morgan fingerprint density at radius 1 is 1.00 bits per heavy atom. The summed E-state index contributed by atoms with van der Waals surface area (Å²) in [5.74, 6) is 1.10. The lowest BCUT2D eigenvalue weighted by Crippen LogP contribution is -2.09. The summed E-state index contributed by atoms with van der Waals surface area (Å²) in [6.45, 7) is 1.78. The highest BCUT2D eigenvalue weighted by Crippen LogP contribution is 2.33. The maximum absolute atomic E-state index is 4.93. The lowest BCUT2D eigenvalue weighted by molar-refractivity contribution is 0.619. The molecule has 136 valence electrons. The summed E-state index contributed by atoms with van der Waals surface area (Å²) < 4.78 is 5.74. The summed E-state index contributed by atoms with van der Waals surface area (Å²) >= 11 is 2.37. The zero-order chi connectivity index (χ0) is 18.2. The van der Waals surface area contributed by atoms with Crippen LogP contribution in [0.4, 0.5) is 5.69 Å². The van der Waals surface area contributed by atoms with Gasteiger partial charge in [-0.2, -0.15) is 5.10 Å². The predicted octanol–water partition coefficient (Wildman–Crippen LogP) is 5.36. The van der Waals surface area contributed by atoms with E-state index in [1.54, 1.807) is 0 Å². The summed E-state index contributed by atoms with van der Waals surface area (Å²) in [4.78, 5) is 0. The van der Waals surface area contributed by atoms with Crippen molar-refractivity contribution in [2.75, 3.05) is 5.32 Å². The van der Waals surface area contributed by atoms with Crippen LogP contribution in [0.5, 0.6) is 0 Å². The van der Waals surface area contributed by atoms with Crippen LogP contribution in [0, 0.1) is 3.57 Å². The Labute approximate surface area is 172 Å². The van der Waals surface area contributed by atoms with Gasteiger partial charge >= 0.3 is 0 Å². The van der Waals surface area contributed by atoms with Crippen molar-refractivity contribution in [1.29, 1.82) is 0 Å². The van der Waals surface area contributed by atoms with E-state index in [0.29, 0.717) is 0 Å². The monoisotopic (exact) mass is 468 g/mol. The van der Waals surface area contributed by atoms with Crippen molar-refractivity contribution < 1.29 is 0 Å². The van der Waals surface area contributed by atoms with Gasteiger partial charge in [0.1, 0.15) is 5.65 Å². The third kappa shape index (κ3) is 3.04. The third-order valence-electron chi connectivity index (χ3n) is 5.31. The lowest BCUT2D eigenvalue weighted by atomic mass is 10.0. The zero-order valence-corrected chi connectivity index (χ0v) is 17.2. The molecule has 2 aromatic heterocycles. The molecule has 1 aliphatic rings. The summed E-state index contributed by atoms with van der Waals surface area (Å²) in [7, 11) is 0. The normalized spacial score (nSPS) is 13.7. The SMILES string of the molecule is Ic1ccccc1NCc1nn2cc(-c3ccccc3)c3c2n1CCCC3. The molecule has 0 radical (unpaired) electrons. The molecule has 1 N–H and O–H groups in total. The van der Waals surface area contributed by atoms with Gasteiger partial charge in [-0.25, -0.2) is 4.52 Å². The minimum Gasteiger partial charge on any atom is -0.377 e. The van der Waals surface area contributed by atoms with Gasteiger partial charge in [-0.3, -0.25) is 0 Å². The lowest BCUT2D eigenvalue weighted by Gasteiger charge is -2.10. The molecule has 5 rings (SSSR count). The fourth-order valence-corrected chi connectivity index (χ4v) is 4.59. The van der Waals surface area contributed by atoms with E-state index in [1.807, 2.05) is 0 Å². The number of aromatic nitrogens is 3. The predicted molar refractivity (Wildman–Crippen MR) is 118 cm³/mol. The highest BCUT2D eigenvalue weighted by atomic mass is 127. The van der Waals surface area contributed by atoms with Crippen LogP contribution >= 0.6 is 22.6 Å². The Bertz CT molecular complexity index is 1090. The van der Waals surface area contributed by atoms with Crippen LogP contribution in [-0.2, 0) is 19.5 Å². The molecule has 0 aliphatic carbocycles. The van der Waals surface area contributed by atoms with E-state index >= 15 is 0 Å². The Balaban J connectivity index is 1.55. The quantitative estimate of drug-likeness (QED) is 0.410. The summed E-state index contributed by atoms with van der Waals surface area (Å²) in [5.41, 5.74) is 6.48. The average molecular weight is 468 g/mol. The molecule has 0 amide bonds. The number of hydrogen-bond donors (Lipinski definition) is 1. The van der Waals surface area contributed by atoms with Crippen molar-refractivity contribution in [3.8, 4) is 11.1 Å². The molecule has 4 nitrogen and oxygen atoms in total. The van der Waals surface area contributed by atoms with Gasteiger partial charge in [0.25, 0.3) is 0 Å². The molecule has 0 bridgehead atoms. The number of aryl methyl sites for hydroxylation is 2. The minimum absolute atomic E-state index is 0.738. The van der Waals surface area contributed by atoms with E-state index < -0.39 is 0 Å². The maximum Gasteiger partial charge on any atom is 0.150 e. The summed E-state index contributed by atoms with van der Waals surface area (Å²) in [6.07, 6.45) is 5.75. The number of benzene rings is 2. The van der Waals surface area contributed by atoms with Gasteiger partial charge in [-0.15, -0.1) is 0 Å². The first kappa shape index (κ1) is 16.9. The first-order valence-corrected chi connectivity index (χ1v) is 10.5. The van der Waals surface area contributed by atoms with Crippen LogP contribution in [0.2, 0.25) is 0 Å². The second-order valence-electron chi connectivity index (χ2n) is 7.01. The smallest absolute Gasteiger partial charge is 0.150 e. The molecule has 0 spiro atoms. The van der Waals surface area contributed by atoms with Crippen LogP contribution in [0.3, 0.4) is 0 Å². The van der Waals surface area contributed by atoms with Crippen LogP contribution in [-0.4, -0.2) is 14.2 Å². The highest BCUT2D eigenvalue weighted by Gasteiger charge is 2.22. The van der Waals surface area contributed by atoms with Gasteiger partial charge in [0.05, 0.1) is 6.54 Å². The van der Waals surface area contributed by atoms with Gasteiger partial charge in [-0.05, 0) is 59.5 Å². The van der Waals surface area contributed by atoms with Crippen LogP contribution in [0.25, 0.3) is 16.8 Å². The van der Waals surface area contributed by atoms with Gasteiger partial charge < -0.3 is 9.88 Å². The fraction of sp³-hybridized carbons (Fsp3) is 0.227. The van der Waals surface area contributed by atoms with Crippen molar-refractivity contribution in [3.05, 3.63) is 75.8 Å². The molecule has 1 aliphatic heterocycles. The van der Waals surface area contributed by atoms with E-state index in [9.17, 15) is 0 Å². The number of halogens is 1. The molecule has 0 fully saturated rings. The van der Waals surface area contributed by atoms with Crippen molar-refractivity contribution >= 4 is 33.9 Å². The van der Waals surface area contributed by atoms with Crippen LogP contribution in [0.1, 0.15) is 24.2 Å². The van der Waals surface area contributed by atoms with Crippen molar-refractivity contribution in [3.63, 3.8) is 0 Å². The second-order valence-corrected chi connectivity index (χ2v) is 8.18. The number of hydrogen-bond acceptors (Lipinski definition) is 2. The number of rotatable bonds is 4. The van der Waals surface area contributed by atoms with Gasteiger partial charge in [0.2, 0.25) is 0 Å². The molecule has 4 aromatic rings. The largest absolute Gasteiger partial charge is 0.377 e. The Kier molecular flexibility index (Phi) is 4.39. The first-order chi connectivity index (χ1) is 13.3. The molecule has 0 atom stereocenters. The number of nitrogens with zero attached hydrogens (tertiary/aromatic N) is 3. The van der Waals surface area contributed by atoms with Crippen molar-refractivity contribution in [2.24, 2.45) is 0 Å². The van der Waals surface area contributed by atoms with E-state index in [4.69, 9.17) is 5.10 Å². The van der Waals surface area contributed by atoms with Crippen molar-refractivity contribution in [1.82, 2.24) is 14.2 Å². The number of para-hydroxylation sites is 1. The van der Waals surface area contributed by atoms with Gasteiger partial charge in [0, 0.05) is 33.1 Å². The molecule has 0 saturated heterocycles. The van der Waals surface area contributed by atoms with Gasteiger partial charge in [0.15, 0.2) is 5.82 Å². The molecular weight excluding hydrogens is 447 g/mol.